The zero-order chi connectivity index (χ0) is 19.4. The quantitative estimate of drug-likeness (QED) is 0.224. The zero-order valence-corrected chi connectivity index (χ0v) is 18.7. The van der Waals surface area contributed by atoms with Gasteiger partial charge in [-0.1, -0.05) is 13.0 Å². The van der Waals surface area contributed by atoms with Gasteiger partial charge in [-0.05, 0) is 18.6 Å². The van der Waals surface area contributed by atoms with Crippen molar-refractivity contribution in [3.8, 4) is 5.75 Å². The predicted octanol–water partition coefficient (Wildman–Crippen LogP) is 1.87. The molecule has 7 nitrogen and oxygen atoms in total. The molecule has 27 heavy (non-hydrogen) atoms. The lowest BCUT2D eigenvalue weighted by Crippen LogP contribution is -2.44. The molecule has 0 bridgehead atoms. The van der Waals surface area contributed by atoms with E-state index in [1.54, 1.807) is 33.3 Å². The fraction of sp³-hybridized carbons (Fsp3) is 0.556. The number of guanidine groups is 1. The summed E-state index contributed by atoms with van der Waals surface area (Å²) in [5.74, 6) is 0.544. The van der Waals surface area contributed by atoms with Crippen molar-refractivity contribution in [3.05, 3.63) is 30.1 Å². The third-order valence-corrected chi connectivity index (χ3v) is 3.52. The van der Waals surface area contributed by atoms with Crippen molar-refractivity contribution in [1.82, 2.24) is 15.5 Å². The smallest absolute Gasteiger partial charge is 0.243 e. The van der Waals surface area contributed by atoms with E-state index in [4.69, 9.17) is 9.47 Å². The van der Waals surface area contributed by atoms with Crippen molar-refractivity contribution in [1.29, 1.82) is 0 Å². The molecule has 0 aliphatic rings. The maximum atomic E-state index is 13.3. The highest BCUT2D eigenvalue weighted by atomic mass is 127. The molecule has 2 N–H and O–H groups in total. The molecule has 0 saturated heterocycles. The highest BCUT2D eigenvalue weighted by Crippen LogP contribution is 2.14. The second-order valence-electron chi connectivity index (χ2n) is 5.86. The number of nitrogens with zero attached hydrogens (tertiary/aromatic N) is 2. The van der Waals surface area contributed by atoms with Crippen molar-refractivity contribution in [3.63, 3.8) is 0 Å². The van der Waals surface area contributed by atoms with Gasteiger partial charge in [0.2, 0.25) is 5.91 Å². The third-order valence-electron chi connectivity index (χ3n) is 3.52. The predicted molar refractivity (Wildman–Crippen MR) is 115 cm³/mol. The number of aliphatic imine (C=N–C) groups is 1. The minimum Gasteiger partial charge on any atom is -0.489 e. The normalized spacial score (nSPS) is 12.0. The summed E-state index contributed by atoms with van der Waals surface area (Å²) in [6.07, 6.45) is 0.557. The number of rotatable bonds is 10. The Morgan fingerprint density at radius 3 is 2.67 bits per heavy atom. The number of carbonyl (C=O) groups is 1. The van der Waals surface area contributed by atoms with Crippen LogP contribution in [-0.2, 0) is 9.53 Å². The summed E-state index contributed by atoms with van der Waals surface area (Å²) in [4.78, 5) is 17.5. The number of benzene rings is 1. The number of carbonyl (C=O) groups excluding carboxylic acids is 1. The lowest BCUT2D eigenvalue weighted by Gasteiger charge is -2.20. The molecular weight excluding hydrogens is 466 g/mol. The summed E-state index contributed by atoms with van der Waals surface area (Å²) in [5, 5.41) is 6.25. The Morgan fingerprint density at radius 1 is 1.33 bits per heavy atom. The van der Waals surface area contributed by atoms with Crippen LogP contribution >= 0.6 is 24.0 Å². The number of nitrogens with one attached hydrogen (secondary N) is 2. The molecule has 0 aliphatic carbocycles. The minimum atomic E-state index is -0.337. The number of methoxy groups -OCH3 is 1. The molecule has 1 aromatic carbocycles. The Labute approximate surface area is 177 Å². The van der Waals surface area contributed by atoms with Crippen LogP contribution < -0.4 is 15.4 Å². The summed E-state index contributed by atoms with van der Waals surface area (Å²) < 4.78 is 24.1. The van der Waals surface area contributed by atoms with Gasteiger partial charge in [0.1, 0.15) is 24.2 Å². The summed E-state index contributed by atoms with van der Waals surface area (Å²) >= 11 is 0. The summed E-state index contributed by atoms with van der Waals surface area (Å²) in [7, 11) is 4.98. The van der Waals surface area contributed by atoms with E-state index in [9.17, 15) is 9.18 Å². The Morgan fingerprint density at radius 2 is 2.07 bits per heavy atom. The van der Waals surface area contributed by atoms with Crippen molar-refractivity contribution in [2.45, 2.75) is 19.4 Å². The van der Waals surface area contributed by atoms with Gasteiger partial charge < -0.3 is 25.0 Å². The highest BCUT2D eigenvalue weighted by molar-refractivity contribution is 14.0. The van der Waals surface area contributed by atoms with E-state index in [1.165, 1.54) is 17.0 Å². The fourth-order valence-electron chi connectivity index (χ4n) is 1.95. The second kappa shape index (κ2) is 14.4. The average Bonchev–Trinajstić information content (AvgIpc) is 2.62. The molecule has 1 rings (SSSR count). The molecule has 1 amide bonds. The number of likely N-dealkylation sites (N-methyl/N-ethyl adjacent to an activating group) is 1. The van der Waals surface area contributed by atoms with Gasteiger partial charge in [0, 0.05) is 33.8 Å². The maximum Gasteiger partial charge on any atom is 0.243 e. The number of hydrogen-bond donors (Lipinski definition) is 2. The number of halogens is 2. The van der Waals surface area contributed by atoms with Crippen LogP contribution in [0.5, 0.6) is 5.75 Å². The van der Waals surface area contributed by atoms with Crippen LogP contribution in [0.2, 0.25) is 0 Å². The number of amides is 1. The SMILES string of the molecule is CCC(CNC(=NCC(=O)N(C)C)NCCOC)Oc1cccc(F)c1.I. The van der Waals surface area contributed by atoms with E-state index in [0.717, 1.165) is 6.42 Å². The van der Waals surface area contributed by atoms with Gasteiger partial charge in [-0.3, -0.25) is 4.79 Å². The van der Waals surface area contributed by atoms with Gasteiger partial charge in [-0.15, -0.1) is 24.0 Å². The summed E-state index contributed by atoms with van der Waals surface area (Å²) in [6, 6.07) is 6.05. The molecule has 1 unspecified atom stereocenters. The molecule has 0 radical (unpaired) electrons. The zero-order valence-electron chi connectivity index (χ0n) is 16.3. The summed E-state index contributed by atoms with van der Waals surface area (Å²) in [6.45, 7) is 3.55. The van der Waals surface area contributed by atoms with Crippen LogP contribution in [-0.4, -0.2) is 70.3 Å². The molecule has 1 atom stereocenters. The Hall–Kier alpha value is -1.62. The summed E-state index contributed by atoms with van der Waals surface area (Å²) in [5.41, 5.74) is 0. The lowest BCUT2D eigenvalue weighted by atomic mass is 10.2. The van der Waals surface area contributed by atoms with Gasteiger partial charge in [-0.25, -0.2) is 9.38 Å². The van der Waals surface area contributed by atoms with Crippen molar-refractivity contribution >= 4 is 35.8 Å². The van der Waals surface area contributed by atoms with Crippen LogP contribution in [0.3, 0.4) is 0 Å². The van der Waals surface area contributed by atoms with E-state index in [0.29, 0.717) is 31.4 Å². The molecule has 0 aromatic heterocycles. The molecule has 1 aromatic rings. The molecule has 154 valence electrons. The average molecular weight is 496 g/mol. The van der Waals surface area contributed by atoms with Crippen LogP contribution in [0.25, 0.3) is 0 Å². The second-order valence-corrected chi connectivity index (χ2v) is 5.86. The molecule has 0 heterocycles. The van der Waals surface area contributed by atoms with E-state index in [1.807, 2.05) is 6.92 Å². The maximum absolute atomic E-state index is 13.3. The molecule has 9 heteroatoms. The van der Waals surface area contributed by atoms with Gasteiger partial charge >= 0.3 is 0 Å². The Balaban J connectivity index is 0.00000676. The van der Waals surface area contributed by atoms with E-state index < -0.39 is 0 Å². The first-order valence-corrected chi connectivity index (χ1v) is 8.59. The Kier molecular flexibility index (Phi) is 13.6. The fourth-order valence-corrected chi connectivity index (χ4v) is 1.95. The van der Waals surface area contributed by atoms with Gasteiger partial charge in [0.15, 0.2) is 5.96 Å². The van der Waals surface area contributed by atoms with Crippen molar-refractivity contribution < 1.29 is 18.7 Å². The first-order valence-electron chi connectivity index (χ1n) is 8.59. The van der Waals surface area contributed by atoms with Crippen LogP contribution in [0, 0.1) is 5.82 Å². The highest BCUT2D eigenvalue weighted by Gasteiger charge is 2.11. The Bertz CT molecular complexity index is 587. The van der Waals surface area contributed by atoms with Crippen LogP contribution in [0.1, 0.15) is 13.3 Å². The minimum absolute atomic E-state index is 0. The van der Waals surface area contributed by atoms with Crippen molar-refractivity contribution in [2.75, 3.05) is 47.4 Å². The molecule has 0 spiro atoms. The number of hydrogen-bond acceptors (Lipinski definition) is 4. The van der Waals surface area contributed by atoms with Crippen LogP contribution in [0.4, 0.5) is 4.39 Å². The van der Waals surface area contributed by atoms with Crippen molar-refractivity contribution in [2.24, 2.45) is 4.99 Å². The monoisotopic (exact) mass is 496 g/mol. The van der Waals surface area contributed by atoms with E-state index >= 15 is 0 Å². The topological polar surface area (TPSA) is 75.2 Å². The standard InChI is InChI=1S/C18H29FN4O3.HI/c1-5-15(26-16-8-6-7-14(19)11-16)12-21-18(20-9-10-25-4)22-13-17(24)23(2)3;/h6-8,11,15H,5,9-10,12-13H2,1-4H3,(H2,20,21,22);1H. The van der Waals surface area contributed by atoms with Crippen LogP contribution in [0.15, 0.2) is 29.3 Å². The lowest BCUT2D eigenvalue weighted by molar-refractivity contribution is -0.127. The molecular formula is C18H30FIN4O3. The number of ether oxygens (including phenoxy) is 2. The molecule has 0 saturated carbocycles. The molecule has 0 aliphatic heterocycles. The van der Waals surface area contributed by atoms with E-state index in [-0.39, 0.29) is 48.3 Å². The largest absolute Gasteiger partial charge is 0.489 e. The third kappa shape index (κ3) is 11.0. The van der Waals surface area contributed by atoms with Gasteiger partial charge in [-0.2, -0.15) is 0 Å². The van der Waals surface area contributed by atoms with Gasteiger partial charge in [0.25, 0.3) is 0 Å². The van der Waals surface area contributed by atoms with Gasteiger partial charge in [0.05, 0.1) is 13.2 Å². The first-order chi connectivity index (χ1) is 12.5. The first kappa shape index (κ1) is 25.4. The van der Waals surface area contributed by atoms with E-state index in [2.05, 4.69) is 15.6 Å². The molecule has 0 fully saturated rings.